The number of carbonyl (C=O) groups is 1. The van der Waals surface area contributed by atoms with Crippen molar-refractivity contribution >= 4 is 49.5 Å². The molecular formula is C15H13ClN4O3S2. The number of hydrogen-bond acceptors (Lipinski definition) is 5. The second-order valence-electron chi connectivity index (χ2n) is 5.63. The Morgan fingerprint density at radius 1 is 1.40 bits per heavy atom. The molecule has 1 amide bonds. The van der Waals surface area contributed by atoms with Gasteiger partial charge in [0.1, 0.15) is 0 Å². The summed E-state index contributed by atoms with van der Waals surface area (Å²) in [7, 11) is -3.93. The number of amides is 1. The van der Waals surface area contributed by atoms with Gasteiger partial charge in [-0.05, 0) is 11.6 Å². The number of thiazole rings is 1. The van der Waals surface area contributed by atoms with E-state index in [1.54, 1.807) is 22.5 Å². The van der Waals surface area contributed by atoms with Crippen molar-refractivity contribution in [3.63, 3.8) is 0 Å². The van der Waals surface area contributed by atoms with Crippen LogP contribution in [-0.2, 0) is 14.8 Å². The Balaban J connectivity index is 1.74. The van der Waals surface area contributed by atoms with E-state index in [-0.39, 0.29) is 22.6 Å². The van der Waals surface area contributed by atoms with Gasteiger partial charge in [0, 0.05) is 30.7 Å². The molecule has 0 saturated heterocycles. The number of anilines is 1. The fourth-order valence-corrected chi connectivity index (χ4v) is 5.69. The van der Waals surface area contributed by atoms with Crippen molar-refractivity contribution in [2.45, 2.75) is 18.0 Å². The molecule has 2 aromatic heterocycles. The highest BCUT2D eigenvalue weighted by molar-refractivity contribution is 7.89. The third-order valence-corrected chi connectivity index (χ3v) is 6.70. The third-order valence-electron chi connectivity index (χ3n) is 4.08. The van der Waals surface area contributed by atoms with Gasteiger partial charge in [0.25, 0.3) is 10.0 Å². The molecule has 0 fully saturated rings. The molecule has 0 spiro atoms. The second-order valence-corrected chi connectivity index (χ2v) is 8.49. The molecule has 1 atom stereocenters. The number of hydrogen-bond donors (Lipinski definition) is 1. The fourth-order valence-electron chi connectivity index (χ4n) is 3.03. The molecule has 0 aliphatic carbocycles. The van der Waals surface area contributed by atoms with E-state index in [1.165, 1.54) is 22.7 Å². The minimum absolute atomic E-state index is 0.0749. The number of rotatable bonds is 3. The SMILES string of the molecule is CC(=O)N1CC(NS(=O)(=O)c2c(Cl)nc3sccn23)c2ccccc21. The molecule has 3 heterocycles. The van der Waals surface area contributed by atoms with E-state index in [1.807, 2.05) is 18.2 Å². The highest BCUT2D eigenvalue weighted by Gasteiger charge is 2.35. The molecule has 0 bridgehead atoms. The summed E-state index contributed by atoms with van der Waals surface area (Å²) >= 11 is 7.35. The molecule has 25 heavy (non-hydrogen) atoms. The normalized spacial score (nSPS) is 17.2. The molecule has 1 aliphatic heterocycles. The number of fused-ring (bicyclic) bond motifs is 2. The monoisotopic (exact) mass is 396 g/mol. The van der Waals surface area contributed by atoms with Crippen molar-refractivity contribution in [1.29, 1.82) is 0 Å². The summed E-state index contributed by atoms with van der Waals surface area (Å²) in [6.45, 7) is 1.69. The highest BCUT2D eigenvalue weighted by atomic mass is 35.5. The maximum Gasteiger partial charge on any atom is 0.260 e. The van der Waals surface area contributed by atoms with Crippen LogP contribution in [0.2, 0.25) is 5.15 Å². The topological polar surface area (TPSA) is 83.8 Å². The lowest BCUT2D eigenvalue weighted by Crippen LogP contribution is -2.34. The average Bonchev–Trinajstić information content (AvgIpc) is 3.20. The van der Waals surface area contributed by atoms with Crippen LogP contribution in [0.25, 0.3) is 4.96 Å². The summed E-state index contributed by atoms with van der Waals surface area (Å²) in [4.78, 5) is 18.0. The van der Waals surface area contributed by atoms with Gasteiger partial charge < -0.3 is 4.90 Å². The fraction of sp³-hybridized carbons (Fsp3) is 0.200. The Bertz CT molecular complexity index is 1090. The first-order chi connectivity index (χ1) is 11.9. The molecule has 1 aromatic carbocycles. The molecule has 3 aromatic rings. The van der Waals surface area contributed by atoms with Crippen molar-refractivity contribution in [2.75, 3.05) is 11.4 Å². The molecule has 1 unspecified atom stereocenters. The first kappa shape index (κ1) is 16.5. The summed E-state index contributed by atoms with van der Waals surface area (Å²) in [5, 5.41) is 1.57. The van der Waals surface area contributed by atoms with Gasteiger partial charge in [-0.1, -0.05) is 29.8 Å². The van der Waals surface area contributed by atoms with Crippen molar-refractivity contribution in [3.8, 4) is 0 Å². The van der Waals surface area contributed by atoms with Gasteiger partial charge in [-0.15, -0.1) is 11.3 Å². The van der Waals surface area contributed by atoms with Crippen molar-refractivity contribution in [3.05, 3.63) is 46.6 Å². The van der Waals surface area contributed by atoms with Gasteiger partial charge in [0.15, 0.2) is 15.1 Å². The first-order valence-electron chi connectivity index (χ1n) is 7.39. The van der Waals surface area contributed by atoms with Crippen LogP contribution in [0, 0.1) is 0 Å². The average molecular weight is 397 g/mol. The number of carbonyl (C=O) groups excluding carboxylic acids is 1. The highest BCUT2D eigenvalue weighted by Crippen LogP contribution is 2.36. The number of halogens is 1. The Morgan fingerprint density at radius 2 is 2.16 bits per heavy atom. The molecule has 1 aliphatic rings. The number of para-hydroxylation sites is 1. The minimum Gasteiger partial charge on any atom is -0.310 e. The van der Waals surface area contributed by atoms with Gasteiger partial charge in [0.2, 0.25) is 5.91 Å². The van der Waals surface area contributed by atoms with Crippen LogP contribution in [0.3, 0.4) is 0 Å². The lowest BCUT2D eigenvalue weighted by atomic mass is 10.1. The zero-order valence-corrected chi connectivity index (χ0v) is 15.4. The van der Waals surface area contributed by atoms with Crippen LogP contribution in [0.4, 0.5) is 5.69 Å². The van der Waals surface area contributed by atoms with E-state index in [4.69, 9.17) is 11.6 Å². The van der Waals surface area contributed by atoms with Gasteiger partial charge in [0.05, 0.1) is 6.04 Å². The maximum absolute atomic E-state index is 12.9. The lowest BCUT2D eigenvalue weighted by molar-refractivity contribution is -0.116. The van der Waals surface area contributed by atoms with E-state index in [2.05, 4.69) is 9.71 Å². The van der Waals surface area contributed by atoms with Crippen LogP contribution >= 0.6 is 22.9 Å². The van der Waals surface area contributed by atoms with Gasteiger partial charge >= 0.3 is 0 Å². The lowest BCUT2D eigenvalue weighted by Gasteiger charge is -2.16. The number of benzene rings is 1. The summed E-state index contributed by atoms with van der Waals surface area (Å²) in [5.41, 5.74) is 1.46. The van der Waals surface area contributed by atoms with E-state index in [0.717, 1.165) is 5.56 Å². The summed E-state index contributed by atoms with van der Waals surface area (Å²) in [5.74, 6) is -0.142. The third kappa shape index (κ3) is 2.63. The number of aromatic nitrogens is 2. The first-order valence-corrected chi connectivity index (χ1v) is 10.1. The molecule has 0 saturated carbocycles. The Labute approximate surface area is 152 Å². The zero-order valence-electron chi connectivity index (χ0n) is 13.0. The Kier molecular flexibility index (Phi) is 3.84. The van der Waals surface area contributed by atoms with Crippen molar-refractivity contribution in [1.82, 2.24) is 14.1 Å². The van der Waals surface area contributed by atoms with E-state index < -0.39 is 16.1 Å². The van der Waals surface area contributed by atoms with Crippen LogP contribution in [0.1, 0.15) is 18.5 Å². The standard InChI is InChI=1S/C15H13ClN4O3S2/c1-9(21)20-8-11(10-4-2-3-5-12(10)20)18-25(22,23)14-13(16)17-15-19(14)6-7-24-15/h2-7,11,18H,8H2,1H3. The predicted molar refractivity (Wildman–Crippen MR) is 95.6 cm³/mol. The van der Waals surface area contributed by atoms with E-state index in [0.29, 0.717) is 10.6 Å². The van der Waals surface area contributed by atoms with Gasteiger partial charge in [-0.3, -0.25) is 9.20 Å². The maximum atomic E-state index is 12.9. The summed E-state index contributed by atoms with van der Waals surface area (Å²) in [6.07, 6.45) is 1.61. The molecule has 130 valence electrons. The molecule has 4 rings (SSSR count). The molecular weight excluding hydrogens is 384 g/mol. The molecule has 0 radical (unpaired) electrons. The Hall–Kier alpha value is -1.94. The Morgan fingerprint density at radius 3 is 2.92 bits per heavy atom. The van der Waals surface area contributed by atoms with Crippen LogP contribution in [0.5, 0.6) is 0 Å². The zero-order chi connectivity index (χ0) is 17.8. The summed E-state index contributed by atoms with van der Waals surface area (Å²) in [6, 6.07) is 6.68. The minimum atomic E-state index is -3.93. The second kappa shape index (κ2) is 5.80. The summed E-state index contributed by atoms with van der Waals surface area (Å²) < 4.78 is 29.9. The smallest absolute Gasteiger partial charge is 0.260 e. The largest absolute Gasteiger partial charge is 0.310 e. The van der Waals surface area contributed by atoms with Gasteiger partial charge in [-0.2, -0.15) is 0 Å². The van der Waals surface area contributed by atoms with Crippen molar-refractivity contribution in [2.24, 2.45) is 0 Å². The van der Waals surface area contributed by atoms with Crippen molar-refractivity contribution < 1.29 is 13.2 Å². The number of nitrogens with zero attached hydrogens (tertiary/aromatic N) is 3. The van der Waals surface area contributed by atoms with E-state index >= 15 is 0 Å². The van der Waals surface area contributed by atoms with Gasteiger partial charge in [-0.25, -0.2) is 18.1 Å². The predicted octanol–water partition coefficient (Wildman–Crippen LogP) is 2.44. The van der Waals surface area contributed by atoms with Crippen LogP contribution < -0.4 is 9.62 Å². The number of sulfonamides is 1. The van der Waals surface area contributed by atoms with Crippen LogP contribution in [-0.4, -0.2) is 30.3 Å². The van der Waals surface area contributed by atoms with Crippen LogP contribution in [0.15, 0.2) is 40.9 Å². The number of imidazole rings is 1. The molecule has 1 N–H and O–H groups in total. The quantitative estimate of drug-likeness (QED) is 0.737. The van der Waals surface area contributed by atoms with E-state index in [9.17, 15) is 13.2 Å². The molecule has 10 heteroatoms. The number of nitrogens with one attached hydrogen (secondary N) is 1. The molecule has 7 nitrogen and oxygen atoms in total.